The molecular weight excluding hydrogens is 258 g/mol. The van der Waals surface area contributed by atoms with E-state index in [1.54, 1.807) is 11.8 Å². The smallest absolute Gasteiger partial charge is 0.140 e. The minimum Gasteiger partial charge on any atom is -0.207 e. The van der Waals surface area contributed by atoms with Crippen LogP contribution < -0.4 is 0 Å². The maximum atomic E-state index is 13.1. The molecule has 4 heteroatoms. The zero-order valence-corrected chi connectivity index (χ0v) is 9.51. The number of aryl methyl sites for hydroxylation is 1. The van der Waals surface area contributed by atoms with E-state index in [1.165, 1.54) is 6.07 Å². The fourth-order valence-corrected chi connectivity index (χ4v) is 1.78. The van der Waals surface area contributed by atoms with Gasteiger partial charge in [0.15, 0.2) is 0 Å². The van der Waals surface area contributed by atoms with Gasteiger partial charge in [-0.1, -0.05) is 0 Å². The lowest BCUT2D eigenvalue weighted by molar-refractivity contribution is 0.570. The molecular formula is C9H9BrF2S. The van der Waals surface area contributed by atoms with E-state index in [0.29, 0.717) is 16.5 Å². The van der Waals surface area contributed by atoms with Gasteiger partial charge in [0.05, 0.1) is 4.47 Å². The Kier molecular flexibility index (Phi) is 4.19. The first kappa shape index (κ1) is 11.0. The Morgan fingerprint density at radius 3 is 2.62 bits per heavy atom. The summed E-state index contributed by atoms with van der Waals surface area (Å²) in [5.74, 6) is -0.171. The normalized spacial score (nSPS) is 10.5. The van der Waals surface area contributed by atoms with Crippen molar-refractivity contribution in [3.05, 3.63) is 33.8 Å². The van der Waals surface area contributed by atoms with Gasteiger partial charge in [0.25, 0.3) is 0 Å². The van der Waals surface area contributed by atoms with Gasteiger partial charge in [-0.15, -0.1) is 0 Å². The topological polar surface area (TPSA) is 0 Å². The predicted molar refractivity (Wildman–Crippen MR) is 56.1 cm³/mol. The van der Waals surface area contributed by atoms with Crippen LogP contribution in [0.1, 0.15) is 5.56 Å². The molecule has 0 heterocycles. The van der Waals surface area contributed by atoms with Gasteiger partial charge in [-0.05, 0) is 46.0 Å². The van der Waals surface area contributed by atoms with E-state index in [-0.39, 0.29) is 0 Å². The second kappa shape index (κ2) is 4.96. The van der Waals surface area contributed by atoms with E-state index in [0.717, 1.165) is 11.8 Å². The summed E-state index contributed by atoms with van der Waals surface area (Å²) in [6.45, 7) is 0. The van der Waals surface area contributed by atoms with Crippen LogP contribution in [-0.4, -0.2) is 12.0 Å². The SMILES string of the molecule is CSCCc1cc(Br)c(F)cc1F. The minimum absolute atomic E-state index is 0.324. The first-order valence-corrected chi connectivity index (χ1v) is 5.96. The third-order valence-corrected chi connectivity index (χ3v) is 2.88. The molecule has 0 amide bonds. The summed E-state index contributed by atoms with van der Waals surface area (Å²) in [6, 6.07) is 2.42. The van der Waals surface area contributed by atoms with Crippen LogP contribution in [0.5, 0.6) is 0 Å². The Balaban J connectivity index is 2.88. The number of thioether (sulfide) groups is 1. The molecule has 72 valence electrons. The van der Waals surface area contributed by atoms with Gasteiger partial charge >= 0.3 is 0 Å². The third-order valence-electron chi connectivity index (χ3n) is 1.66. The molecule has 1 aromatic rings. The molecule has 0 aromatic heterocycles. The molecule has 0 N–H and O–H groups in total. The zero-order valence-electron chi connectivity index (χ0n) is 7.11. The highest BCUT2D eigenvalue weighted by Gasteiger charge is 2.07. The lowest BCUT2D eigenvalue weighted by Gasteiger charge is -2.03. The average Bonchev–Trinajstić information content (AvgIpc) is 2.09. The molecule has 0 atom stereocenters. The average molecular weight is 267 g/mol. The van der Waals surface area contributed by atoms with Gasteiger partial charge < -0.3 is 0 Å². The molecule has 0 aliphatic heterocycles. The van der Waals surface area contributed by atoms with Crippen LogP contribution in [0.4, 0.5) is 8.78 Å². The summed E-state index contributed by atoms with van der Waals surface area (Å²) >= 11 is 4.66. The zero-order chi connectivity index (χ0) is 9.84. The van der Waals surface area contributed by atoms with Crippen LogP contribution in [0.3, 0.4) is 0 Å². The molecule has 0 saturated heterocycles. The summed E-state index contributed by atoms with van der Waals surface area (Å²) in [6.07, 6.45) is 2.59. The fraction of sp³-hybridized carbons (Fsp3) is 0.333. The van der Waals surface area contributed by atoms with Crippen LogP contribution in [0.2, 0.25) is 0 Å². The monoisotopic (exact) mass is 266 g/mol. The lowest BCUT2D eigenvalue weighted by atomic mass is 10.1. The van der Waals surface area contributed by atoms with Crippen molar-refractivity contribution in [1.82, 2.24) is 0 Å². The molecule has 1 aromatic carbocycles. The molecule has 0 aliphatic rings. The Morgan fingerprint density at radius 2 is 2.00 bits per heavy atom. The Morgan fingerprint density at radius 1 is 1.31 bits per heavy atom. The fourth-order valence-electron chi connectivity index (χ4n) is 0.967. The Bertz CT molecular complexity index is 302. The van der Waals surface area contributed by atoms with Gasteiger partial charge in [-0.25, -0.2) is 8.78 Å². The highest BCUT2D eigenvalue weighted by atomic mass is 79.9. The molecule has 13 heavy (non-hydrogen) atoms. The van der Waals surface area contributed by atoms with Gasteiger partial charge in [0, 0.05) is 6.07 Å². The molecule has 0 saturated carbocycles. The van der Waals surface area contributed by atoms with E-state index in [1.807, 2.05) is 6.26 Å². The lowest BCUT2D eigenvalue weighted by Crippen LogP contribution is -1.94. The van der Waals surface area contributed by atoms with Crippen LogP contribution in [0, 0.1) is 11.6 Å². The van der Waals surface area contributed by atoms with Crippen LogP contribution in [0.25, 0.3) is 0 Å². The van der Waals surface area contributed by atoms with Gasteiger partial charge in [-0.2, -0.15) is 11.8 Å². The quantitative estimate of drug-likeness (QED) is 0.753. The predicted octanol–water partition coefficient (Wildman–Crippen LogP) is 3.63. The minimum atomic E-state index is -0.551. The van der Waals surface area contributed by atoms with Crippen molar-refractivity contribution in [3.63, 3.8) is 0 Å². The molecule has 0 radical (unpaired) electrons. The summed E-state index contributed by atoms with van der Waals surface area (Å²) in [5, 5.41) is 0. The van der Waals surface area contributed by atoms with E-state index in [4.69, 9.17) is 0 Å². The number of halogens is 3. The molecule has 0 nitrogen and oxygen atoms in total. The van der Waals surface area contributed by atoms with Gasteiger partial charge in [0.1, 0.15) is 11.6 Å². The third kappa shape index (κ3) is 2.95. The molecule has 0 aliphatic carbocycles. The van der Waals surface area contributed by atoms with Crippen molar-refractivity contribution in [2.45, 2.75) is 6.42 Å². The van der Waals surface area contributed by atoms with Crippen molar-refractivity contribution in [1.29, 1.82) is 0 Å². The van der Waals surface area contributed by atoms with Crippen molar-refractivity contribution < 1.29 is 8.78 Å². The van der Waals surface area contributed by atoms with E-state index < -0.39 is 11.6 Å². The van der Waals surface area contributed by atoms with Crippen molar-refractivity contribution in [3.8, 4) is 0 Å². The molecule has 0 fully saturated rings. The van der Waals surface area contributed by atoms with E-state index >= 15 is 0 Å². The van der Waals surface area contributed by atoms with Crippen molar-refractivity contribution in [2.75, 3.05) is 12.0 Å². The highest BCUT2D eigenvalue weighted by Crippen LogP contribution is 2.20. The summed E-state index contributed by atoms with van der Waals surface area (Å²) < 4.78 is 26.2. The molecule has 1 rings (SSSR count). The van der Waals surface area contributed by atoms with Crippen LogP contribution >= 0.6 is 27.7 Å². The first-order valence-electron chi connectivity index (χ1n) is 3.77. The number of hydrogen-bond acceptors (Lipinski definition) is 1. The van der Waals surface area contributed by atoms with Crippen LogP contribution in [-0.2, 0) is 6.42 Å². The summed E-state index contributed by atoms with van der Waals surface area (Å²) in [5.41, 5.74) is 0.558. The van der Waals surface area contributed by atoms with Crippen LogP contribution in [0.15, 0.2) is 16.6 Å². The first-order chi connectivity index (χ1) is 6.15. The number of benzene rings is 1. The molecule has 0 unspecified atom stereocenters. The Labute approximate surface area is 88.8 Å². The second-order valence-electron chi connectivity index (χ2n) is 2.60. The summed E-state index contributed by atoms with van der Waals surface area (Å²) in [4.78, 5) is 0. The van der Waals surface area contributed by atoms with Crippen molar-refractivity contribution in [2.24, 2.45) is 0 Å². The van der Waals surface area contributed by atoms with Crippen molar-refractivity contribution >= 4 is 27.7 Å². The largest absolute Gasteiger partial charge is 0.207 e. The van der Waals surface area contributed by atoms with Gasteiger partial charge in [0.2, 0.25) is 0 Å². The second-order valence-corrected chi connectivity index (χ2v) is 4.44. The van der Waals surface area contributed by atoms with Gasteiger partial charge in [-0.3, -0.25) is 0 Å². The van der Waals surface area contributed by atoms with E-state index in [9.17, 15) is 8.78 Å². The Hall–Kier alpha value is -0.0900. The number of hydrogen-bond donors (Lipinski definition) is 0. The summed E-state index contributed by atoms with van der Waals surface area (Å²) in [7, 11) is 0. The molecule has 0 bridgehead atoms. The maximum Gasteiger partial charge on any atom is 0.140 e. The maximum absolute atomic E-state index is 13.1. The highest BCUT2D eigenvalue weighted by molar-refractivity contribution is 9.10. The van der Waals surface area contributed by atoms with E-state index in [2.05, 4.69) is 15.9 Å². The standard InChI is InChI=1S/C9H9BrF2S/c1-13-3-2-6-4-7(10)9(12)5-8(6)11/h4-5H,2-3H2,1H3. The molecule has 0 spiro atoms. The number of rotatable bonds is 3.